The number of imide groups is 1. The summed E-state index contributed by atoms with van der Waals surface area (Å²) in [6, 6.07) is 29.3. The minimum Gasteiger partial charge on any atom is -0.374 e. The average Bonchev–Trinajstić information content (AvgIpc) is 3.36. The second-order valence-electron chi connectivity index (χ2n) is 10.8. The highest BCUT2D eigenvalue weighted by atomic mass is 16.8. The van der Waals surface area contributed by atoms with Crippen LogP contribution in [0.5, 0.6) is 0 Å². The first-order valence-electron chi connectivity index (χ1n) is 14.7. The largest absolute Gasteiger partial charge is 0.374 e. The second-order valence-corrected chi connectivity index (χ2v) is 10.8. The molecular formula is C34H37NO9. The summed E-state index contributed by atoms with van der Waals surface area (Å²) in [6.07, 6.45) is -2.62. The number of carbonyl (C=O) groups excluding carboxylic acids is 3. The Morgan fingerprint density at radius 3 is 1.77 bits per heavy atom. The van der Waals surface area contributed by atoms with Crippen LogP contribution in [0.15, 0.2) is 91.0 Å². The molecule has 5 rings (SSSR count). The van der Waals surface area contributed by atoms with E-state index >= 15 is 0 Å². The first-order chi connectivity index (χ1) is 21.5. The number of nitrogens with zero attached hydrogens (tertiary/aromatic N) is 1. The van der Waals surface area contributed by atoms with Gasteiger partial charge in [0.1, 0.15) is 18.8 Å². The molecule has 2 amide bonds. The van der Waals surface area contributed by atoms with Crippen LogP contribution in [0.4, 0.5) is 0 Å². The fourth-order valence-corrected chi connectivity index (χ4v) is 5.19. The molecule has 3 aromatic rings. The second kappa shape index (κ2) is 15.7. The van der Waals surface area contributed by atoms with Crippen LogP contribution >= 0.6 is 0 Å². The van der Waals surface area contributed by atoms with Crippen molar-refractivity contribution in [3.63, 3.8) is 0 Å². The fraction of sp³-hybridized carbons (Fsp3) is 0.382. The predicted molar refractivity (Wildman–Crippen MR) is 157 cm³/mol. The van der Waals surface area contributed by atoms with Crippen molar-refractivity contribution < 1.29 is 42.9 Å². The highest BCUT2D eigenvalue weighted by Crippen LogP contribution is 2.33. The van der Waals surface area contributed by atoms with Gasteiger partial charge < -0.3 is 28.5 Å². The molecule has 10 nitrogen and oxygen atoms in total. The van der Waals surface area contributed by atoms with E-state index in [0.717, 1.165) is 16.7 Å². The average molecular weight is 604 g/mol. The predicted octanol–water partition coefficient (Wildman–Crippen LogP) is 4.36. The van der Waals surface area contributed by atoms with Gasteiger partial charge in [-0.25, -0.2) is 4.79 Å². The van der Waals surface area contributed by atoms with Gasteiger partial charge in [-0.15, -0.1) is 5.06 Å². The molecule has 0 N–H and O–H groups in total. The van der Waals surface area contributed by atoms with Crippen molar-refractivity contribution in [1.29, 1.82) is 0 Å². The maximum atomic E-state index is 12.6. The van der Waals surface area contributed by atoms with Crippen LogP contribution in [0.3, 0.4) is 0 Å². The standard InChI is InChI=1S/C34H37NO9/c1-24-32(40-20-26-13-7-3-8-14-26)28(22-39-19-25-11-5-2-6-12-25)43-34(33(24)41-21-27-15-9-4-10-16-27)42-23-31(38)44-35-29(36)17-18-30(35)37/h2-16,24,28,32-34H,17-23H2,1H3/t24-,28?,32+,33?,34+/m0/s1. The summed E-state index contributed by atoms with van der Waals surface area (Å²) in [5.41, 5.74) is 2.99. The lowest BCUT2D eigenvalue weighted by Crippen LogP contribution is -2.57. The van der Waals surface area contributed by atoms with Crippen molar-refractivity contribution in [3.8, 4) is 0 Å². The molecule has 5 atom stereocenters. The number of carbonyl (C=O) groups is 3. The molecule has 2 unspecified atom stereocenters. The highest BCUT2D eigenvalue weighted by Gasteiger charge is 2.46. The van der Waals surface area contributed by atoms with E-state index in [1.54, 1.807) is 0 Å². The summed E-state index contributed by atoms with van der Waals surface area (Å²) < 4.78 is 31.2. The third kappa shape index (κ3) is 8.58. The molecule has 3 aromatic carbocycles. The van der Waals surface area contributed by atoms with Crippen molar-refractivity contribution >= 4 is 17.8 Å². The summed E-state index contributed by atoms with van der Waals surface area (Å²) in [5, 5.41) is 0.493. The van der Waals surface area contributed by atoms with E-state index in [0.29, 0.717) is 18.3 Å². The van der Waals surface area contributed by atoms with Gasteiger partial charge in [-0.2, -0.15) is 0 Å². The van der Waals surface area contributed by atoms with Gasteiger partial charge in [0.05, 0.1) is 32.5 Å². The van der Waals surface area contributed by atoms with E-state index < -0.39 is 49.0 Å². The van der Waals surface area contributed by atoms with E-state index in [4.69, 9.17) is 28.5 Å². The van der Waals surface area contributed by atoms with Crippen LogP contribution < -0.4 is 0 Å². The van der Waals surface area contributed by atoms with Gasteiger partial charge in [0.2, 0.25) is 0 Å². The summed E-state index contributed by atoms with van der Waals surface area (Å²) >= 11 is 0. The van der Waals surface area contributed by atoms with E-state index in [9.17, 15) is 14.4 Å². The Bertz CT molecular complexity index is 1340. The van der Waals surface area contributed by atoms with Gasteiger partial charge in [0.25, 0.3) is 11.8 Å². The van der Waals surface area contributed by atoms with E-state index in [1.165, 1.54) is 0 Å². The van der Waals surface area contributed by atoms with Gasteiger partial charge in [-0.05, 0) is 16.7 Å². The number of hydrogen-bond donors (Lipinski definition) is 0. The topological polar surface area (TPSA) is 110 Å². The lowest BCUT2D eigenvalue weighted by Gasteiger charge is -2.45. The molecule has 0 bridgehead atoms. The first kappa shape index (κ1) is 31.5. The summed E-state index contributed by atoms with van der Waals surface area (Å²) in [6.45, 7) is 2.65. The van der Waals surface area contributed by atoms with Gasteiger partial charge in [0.15, 0.2) is 6.29 Å². The molecule has 0 saturated carbocycles. The SMILES string of the molecule is C[C@@H]1C(OCc2ccccc2)[C@H](OCC(=O)ON2C(=O)CCC2=O)OC(COCc2ccccc2)[C@@H]1OCc1ccccc1. The van der Waals surface area contributed by atoms with E-state index in [-0.39, 0.29) is 32.0 Å². The Balaban J connectivity index is 1.30. The third-order valence-corrected chi connectivity index (χ3v) is 7.51. The zero-order valence-corrected chi connectivity index (χ0v) is 24.6. The molecule has 232 valence electrons. The van der Waals surface area contributed by atoms with Crippen LogP contribution in [0.1, 0.15) is 36.5 Å². The summed E-state index contributed by atoms with van der Waals surface area (Å²) in [4.78, 5) is 41.4. The number of hydroxylamine groups is 2. The number of amides is 2. The monoisotopic (exact) mass is 603 g/mol. The van der Waals surface area contributed by atoms with Crippen molar-refractivity contribution in [2.24, 2.45) is 5.92 Å². The molecule has 0 radical (unpaired) electrons. The molecule has 10 heteroatoms. The number of ether oxygens (including phenoxy) is 5. The molecule has 0 aromatic heterocycles. The Labute approximate surface area is 256 Å². The Morgan fingerprint density at radius 1 is 0.727 bits per heavy atom. The highest BCUT2D eigenvalue weighted by molar-refractivity contribution is 6.01. The van der Waals surface area contributed by atoms with Gasteiger partial charge in [-0.1, -0.05) is 97.9 Å². The molecule has 2 aliphatic heterocycles. The van der Waals surface area contributed by atoms with E-state index in [1.807, 2.05) is 97.9 Å². The van der Waals surface area contributed by atoms with Gasteiger partial charge in [0, 0.05) is 18.8 Å². The van der Waals surface area contributed by atoms with Crippen molar-refractivity contribution in [2.45, 2.75) is 64.2 Å². The molecular weight excluding hydrogens is 566 g/mol. The molecule has 0 spiro atoms. The zero-order valence-electron chi connectivity index (χ0n) is 24.6. The van der Waals surface area contributed by atoms with Crippen LogP contribution in [-0.4, -0.2) is 60.7 Å². The lowest BCUT2D eigenvalue weighted by molar-refractivity contribution is -0.308. The maximum Gasteiger partial charge on any atom is 0.358 e. The van der Waals surface area contributed by atoms with E-state index in [2.05, 4.69) is 0 Å². The smallest absolute Gasteiger partial charge is 0.358 e. The quantitative estimate of drug-likeness (QED) is 0.248. The van der Waals surface area contributed by atoms with Crippen LogP contribution in [0, 0.1) is 5.92 Å². The van der Waals surface area contributed by atoms with Crippen LogP contribution in [0.25, 0.3) is 0 Å². The van der Waals surface area contributed by atoms with Crippen LogP contribution in [-0.2, 0) is 62.7 Å². The minimum atomic E-state index is -0.992. The minimum absolute atomic E-state index is 0.000647. The molecule has 0 aliphatic carbocycles. The third-order valence-electron chi connectivity index (χ3n) is 7.51. The Kier molecular flexibility index (Phi) is 11.2. The normalized spacial score (nSPS) is 23.6. The van der Waals surface area contributed by atoms with Gasteiger partial charge >= 0.3 is 5.97 Å². The molecule has 2 heterocycles. The molecule has 2 aliphatic rings. The summed E-state index contributed by atoms with van der Waals surface area (Å²) in [5.74, 6) is -2.27. The molecule has 44 heavy (non-hydrogen) atoms. The van der Waals surface area contributed by atoms with Crippen molar-refractivity contribution in [2.75, 3.05) is 13.2 Å². The van der Waals surface area contributed by atoms with Crippen molar-refractivity contribution in [3.05, 3.63) is 108 Å². The molecule has 2 saturated heterocycles. The first-order valence-corrected chi connectivity index (χ1v) is 14.7. The van der Waals surface area contributed by atoms with Gasteiger partial charge in [-0.3, -0.25) is 9.59 Å². The molecule has 2 fully saturated rings. The fourth-order valence-electron chi connectivity index (χ4n) is 5.19. The Morgan fingerprint density at radius 2 is 1.23 bits per heavy atom. The lowest BCUT2D eigenvalue weighted by atomic mass is 9.90. The van der Waals surface area contributed by atoms with Crippen LogP contribution in [0.2, 0.25) is 0 Å². The number of benzene rings is 3. The van der Waals surface area contributed by atoms with Crippen molar-refractivity contribution in [1.82, 2.24) is 5.06 Å². The Hall–Kier alpha value is -3.93. The maximum absolute atomic E-state index is 12.6. The summed E-state index contributed by atoms with van der Waals surface area (Å²) in [7, 11) is 0. The zero-order chi connectivity index (χ0) is 30.7. The number of hydrogen-bond acceptors (Lipinski definition) is 9. The number of rotatable bonds is 14.